The van der Waals surface area contributed by atoms with E-state index in [4.69, 9.17) is 9.47 Å². The molecule has 33 heavy (non-hydrogen) atoms. The molecule has 1 unspecified atom stereocenters. The van der Waals surface area contributed by atoms with Gasteiger partial charge in [-0.2, -0.15) is 4.72 Å². The highest BCUT2D eigenvalue weighted by Gasteiger charge is 2.24. The number of para-hydroxylation sites is 1. The van der Waals surface area contributed by atoms with Crippen molar-refractivity contribution < 1.29 is 14.0 Å². The molecule has 0 aliphatic heterocycles. The Morgan fingerprint density at radius 2 is 1.73 bits per heavy atom. The topological polar surface area (TPSA) is 123 Å². The molecule has 1 aromatic carbocycles. The Kier molecular flexibility index (Phi) is 7.01. The zero-order valence-electron chi connectivity index (χ0n) is 18.4. The predicted octanol–water partition coefficient (Wildman–Crippen LogP) is 2.76. The second-order valence-electron chi connectivity index (χ2n) is 7.01. The summed E-state index contributed by atoms with van der Waals surface area (Å²) in [7, 11) is 3.14. The summed E-state index contributed by atoms with van der Waals surface area (Å²) in [4.78, 5) is 12.7. The zero-order valence-corrected chi connectivity index (χ0v) is 19.2. The Hall–Kier alpha value is -3.70. The molecule has 1 N–H and O–H groups in total. The number of methoxy groups -OCH3 is 2. The smallest absolute Gasteiger partial charge is 0.271 e. The van der Waals surface area contributed by atoms with Crippen LogP contribution in [0.3, 0.4) is 0 Å². The number of anilines is 1. The quantitative estimate of drug-likeness (QED) is 0.372. The van der Waals surface area contributed by atoms with Crippen molar-refractivity contribution >= 4 is 17.3 Å². The molecule has 170 valence electrons. The summed E-state index contributed by atoms with van der Waals surface area (Å²) in [6.45, 7) is 1.92. The molecule has 0 bridgehead atoms. The highest BCUT2D eigenvalue weighted by atomic mass is 32.2. The van der Waals surface area contributed by atoms with Crippen molar-refractivity contribution in [2.24, 2.45) is 0 Å². The van der Waals surface area contributed by atoms with Crippen LogP contribution in [0.1, 0.15) is 11.4 Å². The maximum Gasteiger partial charge on any atom is 0.271 e. The molecule has 0 fully saturated rings. The first kappa shape index (κ1) is 22.5. The Morgan fingerprint density at radius 3 is 2.36 bits per heavy atom. The number of hydrogen-bond acceptors (Lipinski definition) is 9. The van der Waals surface area contributed by atoms with Gasteiger partial charge in [0.25, 0.3) is 5.95 Å². The second-order valence-corrected chi connectivity index (χ2v) is 8.32. The van der Waals surface area contributed by atoms with Crippen LogP contribution in [0, 0.1) is 6.92 Å². The van der Waals surface area contributed by atoms with Crippen molar-refractivity contribution in [2.75, 3.05) is 24.7 Å². The molecule has 10 nitrogen and oxygen atoms in total. The predicted molar refractivity (Wildman–Crippen MR) is 125 cm³/mol. The number of benzene rings is 1. The van der Waals surface area contributed by atoms with E-state index in [1.165, 1.54) is 0 Å². The van der Waals surface area contributed by atoms with E-state index >= 15 is 0 Å². The van der Waals surface area contributed by atoms with Crippen LogP contribution in [-0.4, -0.2) is 54.2 Å². The van der Waals surface area contributed by atoms with Crippen molar-refractivity contribution in [3.05, 3.63) is 66.5 Å². The number of pyridine rings is 1. The molecule has 0 amide bonds. The van der Waals surface area contributed by atoms with Crippen LogP contribution in [0.5, 0.6) is 11.5 Å². The van der Waals surface area contributed by atoms with Gasteiger partial charge < -0.3 is 14.0 Å². The first-order chi connectivity index (χ1) is 16.1. The number of aryl methyl sites for hydroxylation is 2. The van der Waals surface area contributed by atoms with Gasteiger partial charge in [0, 0.05) is 30.4 Å². The average Bonchev–Trinajstić information content (AvgIpc) is 3.26. The summed E-state index contributed by atoms with van der Waals surface area (Å²) in [5.74, 6) is 2.77. The Bertz CT molecular complexity index is 1180. The van der Waals surface area contributed by atoms with Gasteiger partial charge in [-0.25, -0.2) is 9.97 Å². The molecule has 3 aromatic heterocycles. The molecule has 11 heteroatoms. The fraction of sp³-hybridized carbons (Fsp3) is 0.227. The summed E-state index contributed by atoms with van der Waals surface area (Å²) in [5, 5.41) is 8.60. The van der Waals surface area contributed by atoms with Gasteiger partial charge in [0.2, 0.25) is 0 Å². The third-order valence-corrected chi connectivity index (χ3v) is 5.74. The fourth-order valence-corrected chi connectivity index (χ4v) is 3.99. The van der Waals surface area contributed by atoms with Gasteiger partial charge in [-0.3, -0.25) is 9.55 Å². The molecule has 1 atom stereocenters. The number of aromatic nitrogens is 6. The van der Waals surface area contributed by atoms with Crippen molar-refractivity contribution in [3.8, 4) is 28.6 Å². The lowest BCUT2D eigenvalue weighted by Crippen LogP contribution is -2.21. The summed E-state index contributed by atoms with van der Waals surface area (Å²) in [6, 6.07) is 9.11. The molecule has 0 radical (unpaired) electrons. The van der Waals surface area contributed by atoms with Crippen LogP contribution in [0.25, 0.3) is 17.1 Å². The molecular weight excluding hydrogens is 442 g/mol. The van der Waals surface area contributed by atoms with E-state index in [0.717, 1.165) is 11.1 Å². The van der Waals surface area contributed by atoms with Crippen LogP contribution in [0.15, 0.2) is 55.1 Å². The van der Waals surface area contributed by atoms with Gasteiger partial charge in [-0.05, 0) is 36.8 Å². The lowest BCUT2D eigenvalue weighted by atomic mass is 10.2. The first-order valence-electron chi connectivity index (χ1n) is 10.1. The summed E-state index contributed by atoms with van der Waals surface area (Å²) in [6.07, 6.45) is 7.28. The molecule has 3 heterocycles. The van der Waals surface area contributed by atoms with E-state index < -0.39 is 11.4 Å². The van der Waals surface area contributed by atoms with E-state index in [-0.39, 0.29) is 5.95 Å². The van der Waals surface area contributed by atoms with E-state index in [2.05, 4.69) is 29.9 Å². The van der Waals surface area contributed by atoms with E-state index in [0.29, 0.717) is 41.0 Å². The van der Waals surface area contributed by atoms with Crippen molar-refractivity contribution in [3.63, 3.8) is 0 Å². The summed E-state index contributed by atoms with van der Waals surface area (Å²) >= 11 is -1.47. The second kappa shape index (κ2) is 10.3. The fourth-order valence-electron chi connectivity index (χ4n) is 3.18. The Morgan fingerprint density at radius 1 is 1.00 bits per heavy atom. The highest BCUT2D eigenvalue weighted by Crippen LogP contribution is 2.37. The monoisotopic (exact) mass is 465 g/mol. The van der Waals surface area contributed by atoms with Crippen LogP contribution in [0.4, 0.5) is 5.95 Å². The Balaban J connectivity index is 1.69. The number of rotatable bonds is 9. The number of nitrogens with zero attached hydrogens (tertiary/aromatic N) is 6. The minimum Gasteiger partial charge on any atom is -0.593 e. The normalized spacial score (nSPS) is 11.8. The lowest BCUT2D eigenvalue weighted by molar-refractivity contribution is 0.391. The molecule has 0 saturated heterocycles. The van der Waals surface area contributed by atoms with E-state index in [9.17, 15) is 4.55 Å². The SMILES string of the molecule is COc1cccc(OC)c1-n1c(N[S+]([O-])CCc2ncc(C)cn2)nnc1-c1cccnc1. The molecule has 0 aliphatic carbocycles. The largest absolute Gasteiger partial charge is 0.593 e. The van der Waals surface area contributed by atoms with Gasteiger partial charge in [0.1, 0.15) is 28.8 Å². The zero-order chi connectivity index (χ0) is 23.2. The van der Waals surface area contributed by atoms with Crippen molar-refractivity contribution in [2.45, 2.75) is 13.3 Å². The molecule has 4 rings (SSSR count). The third kappa shape index (κ3) is 5.04. The van der Waals surface area contributed by atoms with Gasteiger partial charge in [0.15, 0.2) is 5.82 Å². The molecular formula is C22H23N7O3S. The molecule has 0 saturated carbocycles. The summed E-state index contributed by atoms with van der Waals surface area (Å²) in [5.41, 5.74) is 2.28. The van der Waals surface area contributed by atoms with Crippen LogP contribution in [0.2, 0.25) is 0 Å². The van der Waals surface area contributed by atoms with Crippen LogP contribution < -0.4 is 14.2 Å². The minimum absolute atomic E-state index is 0.278. The van der Waals surface area contributed by atoms with Gasteiger partial charge in [-0.15, -0.1) is 10.2 Å². The van der Waals surface area contributed by atoms with Gasteiger partial charge in [-0.1, -0.05) is 6.07 Å². The minimum atomic E-state index is -1.47. The molecule has 4 aromatic rings. The average molecular weight is 466 g/mol. The van der Waals surface area contributed by atoms with Gasteiger partial charge >= 0.3 is 0 Å². The standard InChI is InChI=1S/C22H23N7O3S/c1-15-12-24-19(25-13-15)9-11-33(30)28-22-27-26-21(16-6-5-10-23-14-16)29(22)20-17(31-2)7-4-8-18(20)32-3/h4-8,10,12-14H,9,11H2,1-3H3,(H,27,28). The van der Waals surface area contributed by atoms with Crippen molar-refractivity contribution in [1.82, 2.24) is 29.7 Å². The number of hydrogen-bond donors (Lipinski definition) is 1. The van der Waals surface area contributed by atoms with Gasteiger partial charge in [0.05, 0.1) is 32.0 Å². The maximum absolute atomic E-state index is 12.9. The number of nitrogens with one attached hydrogen (secondary N) is 1. The van der Waals surface area contributed by atoms with E-state index in [1.54, 1.807) is 61.8 Å². The maximum atomic E-state index is 12.9. The molecule has 0 aliphatic rings. The lowest BCUT2D eigenvalue weighted by Gasteiger charge is -2.18. The summed E-state index contributed by atoms with van der Waals surface area (Å²) < 4.78 is 28.7. The molecule has 0 spiro atoms. The first-order valence-corrected chi connectivity index (χ1v) is 11.4. The Labute approximate surface area is 194 Å². The van der Waals surface area contributed by atoms with E-state index in [1.807, 2.05) is 19.1 Å². The van der Waals surface area contributed by atoms with Crippen molar-refractivity contribution in [1.29, 1.82) is 0 Å². The number of ether oxygens (including phenoxy) is 2. The third-order valence-electron chi connectivity index (χ3n) is 4.76. The van der Waals surface area contributed by atoms with Crippen LogP contribution >= 0.6 is 0 Å². The van der Waals surface area contributed by atoms with Crippen LogP contribution in [-0.2, 0) is 17.8 Å². The highest BCUT2D eigenvalue weighted by molar-refractivity contribution is 7.92.